The Hall–Kier alpha value is -2.98. The summed E-state index contributed by atoms with van der Waals surface area (Å²) in [4.78, 5) is 13.4. The van der Waals surface area contributed by atoms with E-state index in [1.54, 1.807) is 36.4 Å². The average Bonchev–Trinajstić information content (AvgIpc) is 3.27. The molecule has 0 fully saturated rings. The number of anilines is 2. The van der Waals surface area contributed by atoms with E-state index < -0.39 is 10.0 Å². The van der Waals surface area contributed by atoms with Crippen molar-refractivity contribution in [3.05, 3.63) is 58.6 Å². The van der Waals surface area contributed by atoms with Gasteiger partial charge in [-0.3, -0.25) is 9.10 Å². The minimum Gasteiger partial charge on any atom is -0.497 e. The summed E-state index contributed by atoms with van der Waals surface area (Å²) in [5.41, 5.74) is 2.83. The molecule has 10 heteroatoms. The van der Waals surface area contributed by atoms with Gasteiger partial charge in [0.05, 0.1) is 23.4 Å². The maximum atomic E-state index is 13.3. The van der Waals surface area contributed by atoms with Crippen molar-refractivity contribution in [2.24, 2.45) is 0 Å². The van der Waals surface area contributed by atoms with E-state index in [1.807, 2.05) is 13.0 Å². The molecule has 3 aromatic rings. The number of methoxy groups -OCH3 is 1. The first-order valence-electron chi connectivity index (χ1n) is 10.4. The lowest BCUT2D eigenvalue weighted by molar-refractivity contribution is 0.102. The Morgan fingerprint density at radius 3 is 2.72 bits per heavy atom. The van der Waals surface area contributed by atoms with E-state index in [2.05, 4.69) is 14.9 Å². The predicted octanol–water partition coefficient (Wildman–Crippen LogP) is 3.89. The second-order valence-electron chi connectivity index (χ2n) is 7.45. The number of nitrogens with one attached hydrogen (secondary N) is 1. The molecule has 1 aromatic heterocycles. The fourth-order valence-electron chi connectivity index (χ4n) is 3.73. The summed E-state index contributed by atoms with van der Waals surface area (Å²) in [5.74, 6) is 0.350. The van der Waals surface area contributed by atoms with E-state index in [4.69, 9.17) is 4.74 Å². The number of sulfonamides is 1. The first-order valence-corrected chi connectivity index (χ1v) is 12.6. The SMILES string of the molecule is CCCc1nnsc1C(=O)Nc1ccc2c(c1)CCCN2S(=O)(=O)c1ccc(OC)cc1. The Labute approximate surface area is 191 Å². The molecule has 1 N–H and O–H groups in total. The number of amides is 1. The molecule has 0 unspecified atom stereocenters. The summed E-state index contributed by atoms with van der Waals surface area (Å²) in [6.07, 6.45) is 3.00. The van der Waals surface area contributed by atoms with Gasteiger partial charge >= 0.3 is 0 Å². The smallest absolute Gasteiger partial charge is 0.269 e. The van der Waals surface area contributed by atoms with Crippen LogP contribution in [0.4, 0.5) is 11.4 Å². The number of ether oxygens (including phenoxy) is 1. The third kappa shape index (κ3) is 4.33. The Morgan fingerprint density at radius 1 is 1.22 bits per heavy atom. The highest BCUT2D eigenvalue weighted by atomic mass is 32.2. The molecular weight excluding hydrogens is 448 g/mol. The van der Waals surface area contributed by atoms with Gasteiger partial charge in [-0.05, 0) is 78.8 Å². The van der Waals surface area contributed by atoms with Gasteiger partial charge in [0.15, 0.2) is 0 Å². The normalized spacial score (nSPS) is 13.5. The minimum atomic E-state index is -3.71. The van der Waals surface area contributed by atoms with Crippen LogP contribution < -0.4 is 14.4 Å². The van der Waals surface area contributed by atoms with Gasteiger partial charge in [-0.1, -0.05) is 17.8 Å². The van der Waals surface area contributed by atoms with Crippen LogP contribution in [-0.4, -0.2) is 37.6 Å². The van der Waals surface area contributed by atoms with Crippen molar-refractivity contribution in [1.29, 1.82) is 0 Å². The molecule has 32 heavy (non-hydrogen) atoms. The van der Waals surface area contributed by atoms with Crippen LogP contribution in [0, 0.1) is 0 Å². The van der Waals surface area contributed by atoms with Crippen LogP contribution in [0.2, 0.25) is 0 Å². The summed E-state index contributed by atoms with van der Waals surface area (Å²) in [6, 6.07) is 11.7. The summed E-state index contributed by atoms with van der Waals surface area (Å²) in [6.45, 7) is 2.43. The number of benzene rings is 2. The van der Waals surface area contributed by atoms with Gasteiger partial charge in [0.25, 0.3) is 15.9 Å². The Morgan fingerprint density at radius 2 is 2.00 bits per heavy atom. The first-order chi connectivity index (χ1) is 15.4. The Kier molecular flexibility index (Phi) is 6.43. The minimum absolute atomic E-state index is 0.213. The fourth-order valence-corrected chi connectivity index (χ4v) is 5.88. The van der Waals surface area contributed by atoms with Crippen molar-refractivity contribution < 1.29 is 17.9 Å². The summed E-state index contributed by atoms with van der Waals surface area (Å²) in [5, 5.41) is 6.94. The largest absolute Gasteiger partial charge is 0.497 e. The lowest BCUT2D eigenvalue weighted by Crippen LogP contribution is -2.35. The molecule has 2 aromatic carbocycles. The van der Waals surface area contributed by atoms with Crippen molar-refractivity contribution in [2.45, 2.75) is 37.5 Å². The third-order valence-corrected chi connectivity index (χ3v) is 7.90. The second kappa shape index (κ2) is 9.25. The topological polar surface area (TPSA) is 101 Å². The zero-order chi connectivity index (χ0) is 22.7. The number of carbonyl (C=O) groups is 1. The number of rotatable bonds is 7. The molecule has 2 heterocycles. The molecule has 1 aliphatic heterocycles. The van der Waals surface area contributed by atoms with Crippen LogP contribution in [0.15, 0.2) is 47.4 Å². The molecule has 0 saturated carbocycles. The van der Waals surface area contributed by atoms with E-state index >= 15 is 0 Å². The van der Waals surface area contributed by atoms with Gasteiger partial charge in [0.2, 0.25) is 0 Å². The fraction of sp³-hybridized carbons (Fsp3) is 0.318. The lowest BCUT2D eigenvalue weighted by atomic mass is 10.0. The van der Waals surface area contributed by atoms with Crippen molar-refractivity contribution in [1.82, 2.24) is 9.59 Å². The van der Waals surface area contributed by atoms with Crippen molar-refractivity contribution >= 4 is 38.8 Å². The first kappa shape index (κ1) is 22.2. The predicted molar refractivity (Wildman–Crippen MR) is 124 cm³/mol. The number of aryl methyl sites for hydroxylation is 2. The van der Waals surface area contributed by atoms with E-state index in [9.17, 15) is 13.2 Å². The van der Waals surface area contributed by atoms with Gasteiger partial charge in [-0.25, -0.2) is 8.42 Å². The van der Waals surface area contributed by atoms with Gasteiger partial charge in [-0.2, -0.15) is 0 Å². The highest BCUT2D eigenvalue weighted by molar-refractivity contribution is 7.92. The molecule has 1 amide bonds. The number of nitrogens with zero attached hydrogens (tertiary/aromatic N) is 3. The van der Waals surface area contributed by atoms with Gasteiger partial charge < -0.3 is 10.1 Å². The molecule has 0 aliphatic carbocycles. The second-order valence-corrected chi connectivity index (χ2v) is 10.1. The molecule has 0 atom stereocenters. The number of carbonyl (C=O) groups excluding carboxylic acids is 1. The van der Waals surface area contributed by atoms with E-state index in [0.29, 0.717) is 47.1 Å². The molecule has 0 bridgehead atoms. The van der Waals surface area contributed by atoms with E-state index in [-0.39, 0.29) is 10.8 Å². The number of aromatic nitrogens is 2. The average molecular weight is 473 g/mol. The van der Waals surface area contributed by atoms with Crippen LogP contribution in [-0.2, 0) is 22.9 Å². The summed E-state index contributed by atoms with van der Waals surface area (Å²) in [7, 11) is -2.17. The van der Waals surface area contributed by atoms with Crippen LogP contribution in [0.3, 0.4) is 0 Å². The monoisotopic (exact) mass is 472 g/mol. The van der Waals surface area contributed by atoms with Crippen LogP contribution in [0.1, 0.15) is 40.7 Å². The molecule has 0 spiro atoms. The van der Waals surface area contributed by atoms with Crippen molar-refractivity contribution in [3.8, 4) is 5.75 Å². The molecule has 0 saturated heterocycles. The molecule has 168 valence electrons. The van der Waals surface area contributed by atoms with Crippen LogP contribution in [0.25, 0.3) is 0 Å². The summed E-state index contributed by atoms with van der Waals surface area (Å²) >= 11 is 1.08. The zero-order valence-corrected chi connectivity index (χ0v) is 19.5. The molecular formula is C22H24N4O4S2. The molecule has 0 radical (unpaired) electrons. The molecule has 1 aliphatic rings. The van der Waals surface area contributed by atoms with Gasteiger partial charge in [0.1, 0.15) is 10.6 Å². The maximum Gasteiger partial charge on any atom is 0.269 e. The highest BCUT2D eigenvalue weighted by Crippen LogP contribution is 2.34. The Bertz CT molecular complexity index is 1220. The van der Waals surface area contributed by atoms with Crippen molar-refractivity contribution in [3.63, 3.8) is 0 Å². The van der Waals surface area contributed by atoms with Gasteiger partial charge in [0, 0.05) is 12.2 Å². The highest BCUT2D eigenvalue weighted by Gasteiger charge is 2.29. The van der Waals surface area contributed by atoms with Crippen molar-refractivity contribution in [2.75, 3.05) is 23.3 Å². The number of fused-ring (bicyclic) bond motifs is 1. The lowest BCUT2D eigenvalue weighted by Gasteiger charge is -2.31. The Balaban J connectivity index is 1.58. The molecule has 4 rings (SSSR count). The van der Waals surface area contributed by atoms with Crippen LogP contribution in [0.5, 0.6) is 5.75 Å². The van der Waals surface area contributed by atoms with Gasteiger partial charge in [-0.15, -0.1) is 5.10 Å². The quantitative estimate of drug-likeness (QED) is 0.560. The number of hydrogen-bond acceptors (Lipinski definition) is 7. The summed E-state index contributed by atoms with van der Waals surface area (Å²) < 4.78 is 37.0. The maximum absolute atomic E-state index is 13.3. The zero-order valence-electron chi connectivity index (χ0n) is 17.9. The standard InChI is InChI=1S/C22H24N4O4S2/c1-3-5-19-21(31-25-24-19)22(27)23-16-7-12-20-15(14-16)6-4-13-26(20)32(28,29)18-10-8-17(30-2)9-11-18/h7-12,14H,3-6,13H2,1-2H3,(H,23,27). The third-order valence-electron chi connectivity index (χ3n) is 5.31. The number of hydrogen-bond donors (Lipinski definition) is 1. The van der Waals surface area contributed by atoms with Crippen LogP contribution >= 0.6 is 11.5 Å². The molecule has 8 nitrogen and oxygen atoms in total. The van der Waals surface area contributed by atoms with E-state index in [1.165, 1.54) is 11.4 Å². The van der Waals surface area contributed by atoms with E-state index in [0.717, 1.165) is 29.9 Å².